The van der Waals surface area contributed by atoms with Gasteiger partial charge in [0.2, 0.25) is 0 Å². The predicted octanol–water partition coefficient (Wildman–Crippen LogP) is 4.58. The maximum Gasteiger partial charge on any atom is 0.416 e. The van der Waals surface area contributed by atoms with Gasteiger partial charge in [-0.05, 0) is 36.5 Å². The Hall–Kier alpha value is -0.450. The van der Waals surface area contributed by atoms with Crippen molar-refractivity contribution >= 4 is 24.0 Å². The van der Waals surface area contributed by atoms with E-state index in [-0.39, 0.29) is 28.9 Å². The molecule has 1 aliphatic rings. The van der Waals surface area contributed by atoms with Crippen molar-refractivity contribution in [1.82, 2.24) is 0 Å². The molecule has 1 nitrogen and oxygen atoms in total. The van der Waals surface area contributed by atoms with E-state index in [4.69, 9.17) is 17.3 Å². The van der Waals surface area contributed by atoms with E-state index in [9.17, 15) is 13.2 Å². The first-order valence-corrected chi connectivity index (χ1v) is 5.90. The van der Waals surface area contributed by atoms with Gasteiger partial charge in [-0.15, -0.1) is 12.4 Å². The highest BCUT2D eigenvalue weighted by Gasteiger charge is 2.38. The summed E-state index contributed by atoms with van der Waals surface area (Å²) in [6.07, 6.45) is -1.61. The summed E-state index contributed by atoms with van der Waals surface area (Å²) in [5, 5.41) is 0.110. The van der Waals surface area contributed by atoms with Gasteiger partial charge in [-0.25, -0.2) is 0 Å². The molecule has 0 radical (unpaired) electrons. The van der Waals surface area contributed by atoms with Gasteiger partial charge >= 0.3 is 6.18 Å². The summed E-state index contributed by atoms with van der Waals surface area (Å²) in [5.74, 6) is 0.121. The molecule has 18 heavy (non-hydrogen) atoms. The molecule has 0 amide bonds. The van der Waals surface area contributed by atoms with Crippen LogP contribution >= 0.6 is 24.0 Å². The summed E-state index contributed by atoms with van der Waals surface area (Å²) in [5.41, 5.74) is 5.26. The Balaban J connectivity index is 0.00000162. The zero-order valence-electron chi connectivity index (χ0n) is 9.51. The lowest BCUT2D eigenvalue weighted by Crippen LogP contribution is -2.29. The lowest BCUT2D eigenvalue weighted by molar-refractivity contribution is -0.138. The monoisotopic (exact) mass is 299 g/mol. The van der Waals surface area contributed by atoms with Crippen molar-refractivity contribution in [2.24, 2.45) is 11.7 Å². The zero-order chi connectivity index (χ0) is 12.6. The fourth-order valence-electron chi connectivity index (χ4n) is 2.16. The molecule has 2 N–H and O–H groups in total. The van der Waals surface area contributed by atoms with E-state index in [2.05, 4.69) is 0 Å². The maximum atomic E-state index is 12.9. The summed E-state index contributed by atoms with van der Waals surface area (Å²) < 4.78 is 38.6. The third-order valence-electron chi connectivity index (χ3n) is 3.35. The standard InChI is InChI=1S/C12H13ClF3N.ClH/c13-9-6-2-5-8(12(14,15)16)10(9)11(17)7-3-1-4-7;/h2,5-7,11H,1,3-4,17H2;1H/t11-;/m1./s1. The van der Waals surface area contributed by atoms with Gasteiger partial charge in [-0.1, -0.05) is 24.1 Å². The van der Waals surface area contributed by atoms with Crippen LogP contribution in [0.5, 0.6) is 0 Å². The lowest BCUT2D eigenvalue weighted by atomic mass is 9.76. The SMILES string of the molecule is Cl.N[C@@H](c1c(Cl)cccc1C(F)(F)F)C1CCC1. The van der Waals surface area contributed by atoms with E-state index in [1.54, 1.807) is 0 Å². The topological polar surface area (TPSA) is 26.0 Å². The second-order valence-corrected chi connectivity index (χ2v) is 4.82. The van der Waals surface area contributed by atoms with Gasteiger partial charge < -0.3 is 5.73 Å². The third kappa shape index (κ3) is 2.92. The van der Waals surface area contributed by atoms with Gasteiger partial charge in [0.15, 0.2) is 0 Å². The van der Waals surface area contributed by atoms with Crippen LogP contribution < -0.4 is 5.73 Å². The van der Waals surface area contributed by atoms with Crippen LogP contribution in [0.2, 0.25) is 5.02 Å². The van der Waals surface area contributed by atoms with E-state index in [0.29, 0.717) is 0 Å². The second-order valence-electron chi connectivity index (χ2n) is 4.42. The van der Waals surface area contributed by atoms with Crippen molar-refractivity contribution in [3.05, 3.63) is 34.3 Å². The Bertz CT molecular complexity index is 416. The molecular weight excluding hydrogens is 286 g/mol. The van der Waals surface area contributed by atoms with Crippen molar-refractivity contribution in [2.45, 2.75) is 31.5 Å². The number of hydrogen-bond acceptors (Lipinski definition) is 1. The Morgan fingerprint density at radius 1 is 1.28 bits per heavy atom. The molecule has 1 fully saturated rings. The molecule has 1 atom stereocenters. The molecule has 6 heteroatoms. The van der Waals surface area contributed by atoms with Crippen LogP contribution in [0.4, 0.5) is 13.2 Å². The molecule has 2 rings (SSSR count). The highest BCUT2D eigenvalue weighted by molar-refractivity contribution is 6.31. The molecule has 0 spiro atoms. The number of alkyl halides is 3. The largest absolute Gasteiger partial charge is 0.416 e. The second kappa shape index (κ2) is 5.68. The summed E-state index contributed by atoms with van der Waals surface area (Å²) in [6, 6.07) is 3.20. The average Bonchev–Trinajstić information content (AvgIpc) is 2.12. The number of hydrogen-bond donors (Lipinski definition) is 1. The van der Waals surface area contributed by atoms with Gasteiger partial charge in [0.05, 0.1) is 5.56 Å². The minimum absolute atomic E-state index is 0. The fraction of sp³-hybridized carbons (Fsp3) is 0.500. The number of halogens is 5. The molecule has 1 aromatic rings. The first-order valence-electron chi connectivity index (χ1n) is 5.52. The molecular formula is C12H14Cl2F3N. The average molecular weight is 300 g/mol. The van der Waals surface area contributed by atoms with Gasteiger partial charge in [0.1, 0.15) is 0 Å². The molecule has 102 valence electrons. The third-order valence-corrected chi connectivity index (χ3v) is 3.68. The summed E-state index contributed by atoms with van der Waals surface area (Å²) in [7, 11) is 0. The normalized spacial score (nSPS) is 17.8. The van der Waals surface area contributed by atoms with Crippen LogP contribution in [0.3, 0.4) is 0 Å². The predicted molar refractivity (Wildman–Crippen MR) is 68.0 cm³/mol. The Morgan fingerprint density at radius 2 is 1.89 bits per heavy atom. The quantitative estimate of drug-likeness (QED) is 0.850. The van der Waals surface area contributed by atoms with Crippen LogP contribution in [-0.4, -0.2) is 0 Å². The highest BCUT2D eigenvalue weighted by Crippen LogP contribution is 2.43. The van der Waals surface area contributed by atoms with Crippen molar-refractivity contribution < 1.29 is 13.2 Å². The summed E-state index contributed by atoms with van der Waals surface area (Å²) >= 11 is 5.88. The number of nitrogens with two attached hydrogens (primary N) is 1. The lowest BCUT2D eigenvalue weighted by Gasteiger charge is -2.33. The first kappa shape index (κ1) is 15.6. The molecule has 1 saturated carbocycles. The van der Waals surface area contributed by atoms with E-state index in [0.717, 1.165) is 25.3 Å². The fourth-order valence-corrected chi connectivity index (χ4v) is 2.46. The van der Waals surface area contributed by atoms with Crippen molar-refractivity contribution in [3.8, 4) is 0 Å². The Labute approximate surface area is 115 Å². The van der Waals surface area contributed by atoms with E-state index in [1.165, 1.54) is 12.1 Å². The molecule has 0 saturated heterocycles. The summed E-state index contributed by atoms with van der Waals surface area (Å²) in [4.78, 5) is 0. The van der Waals surface area contributed by atoms with Crippen molar-refractivity contribution in [3.63, 3.8) is 0 Å². The van der Waals surface area contributed by atoms with Crippen molar-refractivity contribution in [2.75, 3.05) is 0 Å². The van der Waals surface area contributed by atoms with Gasteiger partial charge in [0.25, 0.3) is 0 Å². The van der Waals surface area contributed by atoms with E-state index < -0.39 is 17.8 Å². The smallest absolute Gasteiger partial charge is 0.324 e. The zero-order valence-corrected chi connectivity index (χ0v) is 11.1. The minimum Gasteiger partial charge on any atom is -0.324 e. The van der Waals surface area contributed by atoms with E-state index in [1.807, 2.05) is 0 Å². The van der Waals surface area contributed by atoms with Crippen molar-refractivity contribution in [1.29, 1.82) is 0 Å². The molecule has 1 aliphatic carbocycles. The first-order chi connectivity index (χ1) is 7.91. The van der Waals surface area contributed by atoms with E-state index >= 15 is 0 Å². The molecule has 0 heterocycles. The Kier molecular flexibility index (Phi) is 4.92. The van der Waals surface area contributed by atoms with Crippen LogP contribution in [0.15, 0.2) is 18.2 Å². The summed E-state index contributed by atoms with van der Waals surface area (Å²) in [6.45, 7) is 0. The molecule has 0 unspecified atom stereocenters. The maximum absolute atomic E-state index is 12.9. The Morgan fingerprint density at radius 3 is 2.33 bits per heavy atom. The van der Waals surface area contributed by atoms with Gasteiger partial charge in [-0.2, -0.15) is 13.2 Å². The molecule has 0 bridgehead atoms. The minimum atomic E-state index is -4.40. The van der Waals surface area contributed by atoms with Crippen LogP contribution in [-0.2, 0) is 6.18 Å². The molecule has 1 aromatic carbocycles. The van der Waals surface area contributed by atoms with Gasteiger partial charge in [-0.3, -0.25) is 0 Å². The number of benzene rings is 1. The molecule has 0 aromatic heterocycles. The van der Waals surface area contributed by atoms with Crippen LogP contribution in [0, 0.1) is 5.92 Å². The number of rotatable bonds is 2. The van der Waals surface area contributed by atoms with Crippen LogP contribution in [0.25, 0.3) is 0 Å². The van der Waals surface area contributed by atoms with Crippen LogP contribution in [0.1, 0.15) is 36.4 Å². The molecule has 0 aliphatic heterocycles. The highest BCUT2D eigenvalue weighted by atomic mass is 35.5. The van der Waals surface area contributed by atoms with Gasteiger partial charge in [0, 0.05) is 11.1 Å².